The summed E-state index contributed by atoms with van der Waals surface area (Å²) in [6.45, 7) is 11.2. The Bertz CT molecular complexity index is 763. The first-order valence-electron chi connectivity index (χ1n) is 10.2. The highest BCUT2D eigenvalue weighted by molar-refractivity contribution is 5.90. The predicted molar refractivity (Wildman–Crippen MR) is 116 cm³/mol. The largest absolute Gasteiger partial charge is 0.490 e. The third kappa shape index (κ3) is 6.31. The van der Waals surface area contributed by atoms with E-state index in [0.717, 1.165) is 12.0 Å². The Labute approximate surface area is 173 Å². The van der Waals surface area contributed by atoms with Crippen molar-refractivity contribution in [2.24, 2.45) is 0 Å². The molecule has 0 spiro atoms. The van der Waals surface area contributed by atoms with Crippen LogP contribution in [0.5, 0.6) is 17.2 Å². The maximum Gasteiger partial charge on any atom is 0.319 e. The van der Waals surface area contributed by atoms with E-state index in [9.17, 15) is 4.79 Å². The Kier molecular flexibility index (Phi) is 8.65. The number of anilines is 1. The number of hydrogen-bond acceptors (Lipinski definition) is 4. The first-order chi connectivity index (χ1) is 14.0. The van der Waals surface area contributed by atoms with Crippen LogP contribution in [-0.2, 0) is 6.42 Å². The van der Waals surface area contributed by atoms with E-state index in [1.165, 1.54) is 5.56 Å². The summed E-state index contributed by atoms with van der Waals surface area (Å²) in [5.41, 5.74) is 2.90. The number of carbonyl (C=O) groups is 1. The lowest BCUT2D eigenvalue weighted by atomic mass is 10.1. The molecule has 0 aliphatic carbocycles. The third-order valence-electron chi connectivity index (χ3n) is 4.40. The maximum absolute atomic E-state index is 12.5. The van der Waals surface area contributed by atoms with Crippen LogP contribution in [0.2, 0.25) is 0 Å². The van der Waals surface area contributed by atoms with Crippen molar-refractivity contribution in [1.82, 2.24) is 5.32 Å². The van der Waals surface area contributed by atoms with Crippen molar-refractivity contribution in [3.8, 4) is 17.2 Å². The molecule has 29 heavy (non-hydrogen) atoms. The van der Waals surface area contributed by atoms with Crippen LogP contribution in [0.1, 0.15) is 51.8 Å². The van der Waals surface area contributed by atoms with Gasteiger partial charge in [0.05, 0.1) is 31.5 Å². The molecule has 2 N–H and O–H groups in total. The molecule has 0 aliphatic rings. The Balaban J connectivity index is 2.15. The van der Waals surface area contributed by atoms with Crippen molar-refractivity contribution in [3.05, 3.63) is 47.5 Å². The van der Waals surface area contributed by atoms with Crippen molar-refractivity contribution in [2.45, 2.75) is 47.1 Å². The average molecular weight is 401 g/mol. The highest BCUT2D eigenvalue weighted by Gasteiger charge is 2.17. The first-order valence-corrected chi connectivity index (χ1v) is 10.2. The number of hydrogen-bond donors (Lipinski definition) is 2. The van der Waals surface area contributed by atoms with Gasteiger partial charge in [-0.25, -0.2) is 4.79 Å². The molecular weight excluding hydrogens is 368 g/mol. The van der Waals surface area contributed by atoms with Gasteiger partial charge in [0.1, 0.15) is 0 Å². The molecule has 2 amide bonds. The lowest BCUT2D eigenvalue weighted by Gasteiger charge is -2.19. The van der Waals surface area contributed by atoms with E-state index >= 15 is 0 Å². The standard InChI is InChI=1S/C23H32N2O4/c1-6-17-10-12-18(13-11-17)16(5)24-23(26)25-19-14-20(27-7-2)22(29-9-4)21(15-19)28-8-3/h10-16H,6-9H2,1-5H3,(H2,24,25,26). The Hall–Kier alpha value is -2.89. The molecule has 0 fully saturated rings. The average Bonchev–Trinajstić information content (AvgIpc) is 2.71. The molecule has 1 unspecified atom stereocenters. The van der Waals surface area contributed by atoms with Crippen LogP contribution in [0.3, 0.4) is 0 Å². The highest BCUT2D eigenvalue weighted by Crippen LogP contribution is 2.40. The van der Waals surface area contributed by atoms with Crippen molar-refractivity contribution >= 4 is 11.7 Å². The molecule has 0 aliphatic heterocycles. The van der Waals surface area contributed by atoms with Crippen LogP contribution in [-0.4, -0.2) is 25.9 Å². The number of aryl methyl sites for hydroxylation is 1. The zero-order valence-electron chi connectivity index (χ0n) is 18.0. The summed E-state index contributed by atoms with van der Waals surface area (Å²) in [5, 5.41) is 5.83. The van der Waals surface area contributed by atoms with Gasteiger partial charge in [-0.2, -0.15) is 0 Å². The summed E-state index contributed by atoms with van der Waals surface area (Å²) >= 11 is 0. The minimum atomic E-state index is -0.300. The number of ether oxygens (including phenoxy) is 3. The number of rotatable bonds is 10. The molecule has 0 bridgehead atoms. The van der Waals surface area contributed by atoms with E-state index < -0.39 is 0 Å². The molecular formula is C23H32N2O4. The van der Waals surface area contributed by atoms with Gasteiger partial charge in [0, 0.05) is 12.1 Å². The van der Waals surface area contributed by atoms with Gasteiger partial charge in [-0.3, -0.25) is 0 Å². The topological polar surface area (TPSA) is 68.8 Å². The van der Waals surface area contributed by atoms with Gasteiger partial charge >= 0.3 is 6.03 Å². The summed E-state index contributed by atoms with van der Waals surface area (Å²) in [5.74, 6) is 1.63. The molecule has 2 rings (SSSR count). The second kappa shape index (κ2) is 11.2. The zero-order chi connectivity index (χ0) is 21.2. The smallest absolute Gasteiger partial charge is 0.319 e. The molecule has 0 aromatic heterocycles. The molecule has 1 atom stereocenters. The predicted octanol–water partition coefficient (Wildman–Crippen LogP) is 5.33. The normalized spacial score (nSPS) is 11.5. The van der Waals surface area contributed by atoms with Gasteiger partial charge in [-0.1, -0.05) is 31.2 Å². The molecule has 0 saturated carbocycles. The maximum atomic E-state index is 12.5. The summed E-state index contributed by atoms with van der Waals surface area (Å²) in [6, 6.07) is 11.3. The molecule has 2 aromatic carbocycles. The number of amides is 2. The zero-order valence-corrected chi connectivity index (χ0v) is 18.0. The van der Waals surface area contributed by atoms with Gasteiger partial charge in [0.15, 0.2) is 11.5 Å². The van der Waals surface area contributed by atoms with E-state index in [0.29, 0.717) is 42.8 Å². The Morgan fingerprint density at radius 1 is 0.897 bits per heavy atom. The number of urea groups is 1. The number of benzene rings is 2. The summed E-state index contributed by atoms with van der Waals surface area (Å²) in [4.78, 5) is 12.5. The second-order valence-corrected chi connectivity index (χ2v) is 6.52. The highest BCUT2D eigenvalue weighted by atomic mass is 16.5. The van der Waals surface area contributed by atoms with Crippen LogP contribution in [0.4, 0.5) is 10.5 Å². The molecule has 2 aromatic rings. The minimum Gasteiger partial charge on any atom is -0.490 e. The number of carbonyl (C=O) groups excluding carboxylic acids is 1. The second-order valence-electron chi connectivity index (χ2n) is 6.52. The SMILES string of the molecule is CCOc1cc(NC(=O)NC(C)c2ccc(CC)cc2)cc(OCC)c1OCC. The van der Waals surface area contributed by atoms with Crippen LogP contribution < -0.4 is 24.8 Å². The first kappa shape index (κ1) is 22.4. The molecule has 0 heterocycles. The fraction of sp³-hybridized carbons (Fsp3) is 0.435. The molecule has 6 heteroatoms. The van der Waals surface area contributed by atoms with Crippen molar-refractivity contribution in [3.63, 3.8) is 0 Å². The van der Waals surface area contributed by atoms with Crippen LogP contribution in [0.25, 0.3) is 0 Å². The molecule has 158 valence electrons. The van der Waals surface area contributed by atoms with Gasteiger partial charge in [-0.15, -0.1) is 0 Å². The lowest BCUT2D eigenvalue weighted by molar-refractivity contribution is 0.249. The monoisotopic (exact) mass is 400 g/mol. The summed E-state index contributed by atoms with van der Waals surface area (Å²) in [7, 11) is 0. The summed E-state index contributed by atoms with van der Waals surface area (Å²) < 4.78 is 17.1. The van der Waals surface area contributed by atoms with Crippen molar-refractivity contribution in [1.29, 1.82) is 0 Å². The Morgan fingerprint density at radius 2 is 1.45 bits per heavy atom. The van der Waals surface area contributed by atoms with E-state index in [1.807, 2.05) is 39.8 Å². The summed E-state index contributed by atoms with van der Waals surface area (Å²) in [6.07, 6.45) is 0.991. The molecule has 6 nitrogen and oxygen atoms in total. The van der Waals surface area contributed by atoms with E-state index in [-0.39, 0.29) is 12.1 Å². The van der Waals surface area contributed by atoms with Crippen molar-refractivity contribution < 1.29 is 19.0 Å². The molecule has 0 saturated heterocycles. The van der Waals surface area contributed by atoms with Gasteiger partial charge in [0.2, 0.25) is 5.75 Å². The fourth-order valence-corrected chi connectivity index (χ4v) is 2.95. The number of nitrogens with one attached hydrogen (secondary N) is 2. The van der Waals surface area contributed by atoms with Gasteiger partial charge in [0.25, 0.3) is 0 Å². The van der Waals surface area contributed by atoms with E-state index in [2.05, 4.69) is 29.7 Å². The minimum absolute atomic E-state index is 0.124. The lowest BCUT2D eigenvalue weighted by Crippen LogP contribution is -2.31. The Morgan fingerprint density at radius 3 is 1.93 bits per heavy atom. The third-order valence-corrected chi connectivity index (χ3v) is 4.40. The van der Waals surface area contributed by atoms with Crippen LogP contribution >= 0.6 is 0 Å². The van der Waals surface area contributed by atoms with E-state index in [1.54, 1.807) is 12.1 Å². The van der Waals surface area contributed by atoms with Gasteiger partial charge in [-0.05, 0) is 45.2 Å². The van der Waals surface area contributed by atoms with E-state index in [4.69, 9.17) is 14.2 Å². The van der Waals surface area contributed by atoms with Crippen LogP contribution in [0.15, 0.2) is 36.4 Å². The van der Waals surface area contributed by atoms with Gasteiger partial charge < -0.3 is 24.8 Å². The fourth-order valence-electron chi connectivity index (χ4n) is 2.95. The molecule has 0 radical (unpaired) electrons. The van der Waals surface area contributed by atoms with Crippen molar-refractivity contribution in [2.75, 3.05) is 25.1 Å². The van der Waals surface area contributed by atoms with Crippen LogP contribution in [0, 0.1) is 0 Å². The quantitative estimate of drug-likeness (QED) is 0.566.